The third kappa shape index (κ3) is 20.0. The third-order valence-corrected chi connectivity index (χ3v) is 17.5. The van der Waals surface area contributed by atoms with Gasteiger partial charge < -0.3 is 15.3 Å². The van der Waals surface area contributed by atoms with Crippen molar-refractivity contribution >= 4 is 62.8 Å². The molecule has 0 saturated heterocycles. The lowest BCUT2D eigenvalue weighted by molar-refractivity contribution is 0.449. The molecule has 0 spiro atoms. The van der Waals surface area contributed by atoms with Crippen molar-refractivity contribution in [3.63, 3.8) is 0 Å². The Morgan fingerprint density at radius 3 is 1.02 bits per heavy atom. The number of phenols is 3. The summed E-state index contributed by atoms with van der Waals surface area (Å²) in [5, 5.41) is 32.8. The lowest BCUT2D eigenvalue weighted by Gasteiger charge is -2.13. The molecule has 0 atom stereocenters. The molecule has 9 heteroatoms. The van der Waals surface area contributed by atoms with Crippen molar-refractivity contribution in [2.24, 2.45) is 0 Å². The van der Waals surface area contributed by atoms with Crippen LogP contribution >= 0.6 is 62.8 Å². The van der Waals surface area contributed by atoms with E-state index in [9.17, 15) is 15.3 Å². The summed E-state index contributed by atoms with van der Waals surface area (Å²) in [5.74, 6) is 0.934. The highest BCUT2D eigenvalue weighted by molar-refractivity contribution is 9.09. The third-order valence-electron chi connectivity index (χ3n) is 9.85. The van der Waals surface area contributed by atoms with Crippen LogP contribution in [0.2, 0.25) is 0 Å². The average molecular weight is 849 g/mol. The number of unbranched alkanes of at least 4 members (excludes halogenated alkanes) is 18. The molecule has 0 aromatic heterocycles. The zero-order valence-electron chi connectivity index (χ0n) is 33.4. The SMILES string of the molecule is CCCCCCCCCc1ccc(O)c(SSSc2cc(CCCCCCCCC)cc(SSSc3cc(CCCCCCCCC)ccc3O)c2O)c1. The predicted octanol–water partition coefficient (Wildman–Crippen LogP) is 17.6. The monoisotopic (exact) mass is 848 g/mol. The van der Waals surface area contributed by atoms with Gasteiger partial charge in [0.05, 0.1) is 19.6 Å². The lowest BCUT2D eigenvalue weighted by atomic mass is 10.0. The van der Waals surface area contributed by atoms with E-state index in [1.807, 2.05) is 12.1 Å². The van der Waals surface area contributed by atoms with Crippen LogP contribution in [-0.2, 0) is 19.3 Å². The van der Waals surface area contributed by atoms with Crippen LogP contribution in [0.1, 0.15) is 172 Å². The fraction of sp³-hybridized carbons (Fsp3) is 0.600. The predicted molar refractivity (Wildman–Crippen MR) is 248 cm³/mol. The molecule has 0 radical (unpaired) electrons. The Bertz CT molecular complexity index is 1340. The number of benzene rings is 3. The van der Waals surface area contributed by atoms with Gasteiger partial charge in [-0.25, -0.2) is 0 Å². The van der Waals surface area contributed by atoms with E-state index in [1.165, 1.54) is 145 Å². The van der Waals surface area contributed by atoms with E-state index in [2.05, 4.69) is 57.2 Å². The van der Waals surface area contributed by atoms with Crippen LogP contribution in [-0.4, -0.2) is 15.3 Å². The van der Waals surface area contributed by atoms with Crippen LogP contribution in [0, 0.1) is 0 Å². The second kappa shape index (κ2) is 30.3. The molecule has 0 saturated carbocycles. The molecule has 0 unspecified atom stereocenters. The van der Waals surface area contributed by atoms with Gasteiger partial charge in [0.25, 0.3) is 0 Å². The molecule has 0 aliphatic heterocycles. The van der Waals surface area contributed by atoms with Crippen LogP contribution in [0.15, 0.2) is 68.1 Å². The summed E-state index contributed by atoms with van der Waals surface area (Å²) < 4.78 is 0. The highest BCUT2D eigenvalue weighted by Gasteiger charge is 2.15. The minimum absolute atomic E-state index is 0.309. The number of aromatic hydroxyl groups is 3. The molecule has 0 amide bonds. The molecule has 3 N–H and O–H groups in total. The first-order valence-electron chi connectivity index (χ1n) is 21.0. The largest absolute Gasteiger partial charge is 0.507 e. The number of aryl methyl sites for hydroxylation is 3. The van der Waals surface area contributed by atoms with Gasteiger partial charge in [0.2, 0.25) is 0 Å². The minimum Gasteiger partial charge on any atom is -0.507 e. The van der Waals surface area contributed by atoms with E-state index in [0.29, 0.717) is 17.2 Å². The van der Waals surface area contributed by atoms with Gasteiger partial charge in [-0.3, -0.25) is 0 Å². The fourth-order valence-electron chi connectivity index (χ4n) is 6.51. The Morgan fingerprint density at radius 1 is 0.352 bits per heavy atom. The smallest absolute Gasteiger partial charge is 0.144 e. The highest BCUT2D eigenvalue weighted by Crippen LogP contribution is 2.54. The summed E-state index contributed by atoms with van der Waals surface area (Å²) in [6.45, 7) is 6.79. The van der Waals surface area contributed by atoms with E-state index >= 15 is 0 Å². The van der Waals surface area contributed by atoms with Gasteiger partial charge >= 0.3 is 0 Å². The first kappa shape index (κ1) is 47.5. The van der Waals surface area contributed by atoms with Crippen molar-refractivity contribution in [3.8, 4) is 17.2 Å². The number of hydrogen-bond donors (Lipinski definition) is 3. The first-order valence-corrected chi connectivity index (χ1v) is 27.9. The molecule has 302 valence electrons. The van der Waals surface area contributed by atoms with E-state index < -0.39 is 0 Å². The van der Waals surface area contributed by atoms with Crippen molar-refractivity contribution in [1.82, 2.24) is 0 Å². The molecule has 3 aromatic carbocycles. The minimum atomic E-state index is 0.309. The van der Waals surface area contributed by atoms with Crippen molar-refractivity contribution in [2.45, 2.75) is 194 Å². The summed E-state index contributed by atoms with van der Waals surface area (Å²) >= 11 is 0. The molecule has 3 aromatic rings. The molecule has 0 bridgehead atoms. The molecule has 0 aliphatic rings. The van der Waals surface area contributed by atoms with Crippen molar-refractivity contribution < 1.29 is 15.3 Å². The molecule has 0 fully saturated rings. The van der Waals surface area contributed by atoms with Gasteiger partial charge in [0, 0.05) is 0 Å². The van der Waals surface area contributed by atoms with Crippen LogP contribution in [0.4, 0.5) is 0 Å². The van der Waals surface area contributed by atoms with Crippen LogP contribution in [0.5, 0.6) is 17.2 Å². The molecule has 3 nitrogen and oxygen atoms in total. The quantitative estimate of drug-likeness (QED) is 0.0421. The van der Waals surface area contributed by atoms with Crippen LogP contribution in [0.25, 0.3) is 0 Å². The van der Waals surface area contributed by atoms with Gasteiger partial charge in [-0.15, -0.1) is 0 Å². The average Bonchev–Trinajstić information content (AvgIpc) is 3.17. The zero-order valence-corrected chi connectivity index (χ0v) is 38.3. The molecule has 54 heavy (non-hydrogen) atoms. The van der Waals surface area contributed by atoms with E-state index in [0.717, 1.165) is 45.3 Å². The Morgan fingerprint density at radius 2 is 0.648 bits per heavy atom. The topological polar surface area (TPSA) is 60.7 Å². The summed E-state index contributed by atoms with van der Waals surface area (Å²) in [6.07, 6.45) is 30.1. The van der Waals surface area contributed by atoms with Crippen LogP contribution < -0.4 is 0 Å². The maximum atomic E-state index is 11.5. The number of rotatable bonds is 32. The van der Waals surface area contributed by atoms with Crippen molar-refractivity contribution in [2.75, 3.05) is 0 Å². The normalized spacial score (nSPS) is 11.5. The van der Waals surface area contributed by atoms with Crippen molar-refractivity contribution in [3.05, 3.63) is 65.2 Å². The van der Waals surface area contributed by atoms with Crippen molar-refractivity contribution in [1.29, 1.82) is 0 Å². The van der Waals surface area contributed by atoms with Gasteiger partial charge in [-0.1, -0.05) is 148 Å². The Kier molecular flexibility index (Phi) is 26.6. The molecule has 0 aliphatic carbocycles. The molecule has 3 rings (SSSR count). The number of hydrogen-bond acceptors (Lipinski definition) is 9. The summed E-state index contributed by atoms with van der Waals surface area (Å²) in [4.78, 5) is 3.48. The lowest BCUT2D eigenvalue weighted by Crippen LogP contribution is -1.89. The summed E-state index contributed by atoms with van der Waals surface area (Å²) in [7, 11) is 9.44. The second-order valence-electron chi connectivity index (χ2n) is 14.6. The Hall–Kier alpha value is -0.840. The maximum absolute atomic E-state index is 11.5. The van der Waals surface area contributed by atoms with Gasteiger partial charge in [-0.05, 0) is 154 Å². The summed E-state index contributed by atoms with van der Waals surface area (Å²) in [5.41, 5.74) is 3.80. The highest BCUT2D eigenvalue weighted by atomic mass is 33.5. The van der Waals surface area contributed by atoms with E-state index in [4.69, 9.17) is 0 Å². The second-order valence-corrected chi connectivity index (χ2v) is 22.6. The van der Waals surface area contributed by atoms with Gasteiger partial charge in [0.15, 0.2) is 0 Å². The molecular formula is C45H68O3S6. The maximum Gasteiger partial charge on any atom is 0.144 e. The fourth-order valence-corrected chi connectivity index (χ4v) is 14.3. The standard InChI is InChI=1S/C45H68O3S6/c1-4-7-10-13-16-19-22-25-36-28-30-39(46)41(32-36)49-53-51-43-34-38(27-24-21-18-15-12-9-6-3)35-44(45(43)48)52-54-50-42-33-37(29-31-40(42)47)26-23-20-17-14-11-8-5-2/h28-35,46-48H,4-27H2,1-3H3. The first-order chi connectivity index (χ1) is 26.4. The summed E-state index contributed by atoms with van der Waals surface area (Å²) in [6, 6.07) is 16.3. The van der Waals surface area contributed by atoms with E-state index in [-0.39, 0.29) is 0 Å². The zero-order chi connectivity index (χ0) is 38.6. The van der Waals surface area contributed by atoms with Crippen LogP contribution in [0.3, 0.4) is 0 Å². The van der Waals surface area contributed by atoms with Gasteiger partial charge in [0.1, 0.15) is 17.2 Å². The van der Waals surface area contributed by atoms with E-state index in [1.54, 1.807) is 62.8 Å². The Labute approximate surface area is 352 Å². The Balaban J connectivity index is 1.59. The molecule has 0 heterocycles. The van der Waals surface area contributed by atoms with Gasteiger partial charge in [-0.2, -0.15) is 0 Å². The number of phenolic OH excluding ortho intramolecular Hbond substituents is 3. The molecular weight excluding hydrogens is 781 g/mol.